The van der Waals surface area contributed by atoms with Crippen LogP contribution in [-0.2, 0) is 6.42 Å². The van der Waals surface area contributed by atoms with E-state index >= 15 is 0 Å². The maximum atomic E-state index is 11.3. The Kier molecular flexibility index (Phi) is 3.64. The quantitative estimate of drug-likeness (QED) is 0.656. The van der Waals surface area contributed by atoms with Gasteiger partial charge in [-0.15, -0.1) is 0 Å². The molecule has 2 rings (SSSR count). The van der Waals surface area contributed by atoms with Crippen molar-refractivity contribution in [3.63, 3.8) is 0 Å². The van der Waals surface area contributed by atoms with Crippen LogP contribution < -0.4 is 10.1 Å². The standard InChI is InChI=1S/C16H24N2O3/c1-15(2,3)14-8-10-7-12(18(19)20)13(9-11(10)17-14)21-16(4,5)6/h7,9,14,17H,8H2,1-6H3. The molecule has 5 nitrogen and oxygen atoms in total. The molecule has 0 aliphatic carbocycles. The Labute approximate surface area is 125 Å². The van der Waals surface area contributed by atoms with Crippen LogP contribution in [0.3, 0.4) is 0 Å². The summed E-state index contributed by atoms with van der Waals surface area (Å²) >= 11 is 0. The minimum absolute atomic E-state index is 0.0417. The van der Waals surface area contributed by atoms with Gasteiger partial charge in [-0.25, -0.2) is 0 Å². The average molecular weight is 292 g/mol. The number of benzene rings is 1. The molecule has 1 aromatic carbocycles. The Balaban J connectivity index is 2.41. The van der Waals surface area contributed by atoms with Crippen molar-refractivity contribution < 1.29 is 9.66 Å². The van der Waals surface area contributed by atoms with Crippen LogP contribution in [0.25, 0.3) is 0 Å². The summed E-state index contributed by atoms with van der Waals surface area (Å²) in [4.78, 5) is 10.9. The van der Waals surface area contributed by atoms with Crippen molar-refractivity contribution in [2.75, 3.05) is 5.32 Å². The molecule has 0 amide bonds. The monoisotopic (exact) mass is 292 g/mol. The highest BCUT2D eigenvalue weighted by Gasteiger charge is 2.33. The predicted molar refractivity (Wildman–Crippen MR) is 84.0 cm³/mol. The summed E-state index contributed by atoms with van der Waals surface area (Å²) in [6, 6.07) is 3.69. The molecule has 0 aromatic heterocycles. The van der Waals surface area contributed by atoms with E-state index in [4.69, 9.17) is 4.74 Å². The maximum Gasteiger partial charge on any atom is 0.311 e. The minimum Gasteiger partial charge on any atom is -0.481 e. The van der Waals surface area contributed by atoms with E-state index in [1.54, 1.807) is 12.1 Å². The van der Waals surface area contributed by atoms with Crippen LogP contribution in [-0.4, -0.2) is 16.6 Å². The third-order valence-corrected chi connectivity index (χ3v) is 3.60. The van der Waals surface area contributed by atoms with Crippen molar-refractivity contribution in [1.29, 1.82) is 0 Å². The Morgan fingerprint density at radius 2 is 1.86 bits per heavy atom. The van der Waals surface area contributed by atoms with Gasteiger partial charge in [0, 0.05) is 23.9 Å². The number of nitro benzene ring substituents is 1. The molecule has 1 heterocycles. The molecule has 21 heavy (non-hydrogen) atoms. The van der Waals surface area contributed by atoms with Gasteiger partial charge in [-0.05, 0) is 38.2 Å². The van der Waals surface area contributed by atoms with Gasteiger partial charge in [-0.2, -0.15) is 0 Å². The largest absolute Gasteiger partial charge is 0.481 e. The molecule has 0 spiro atoms. The summed E-state index contributed by atoms with van der Waals surface area (Å²) in [5.41, 5.74) is 1.60. The van der Waals surface area contributed by atoms with Crippen LogP contribution in [0.2, 0.25) is 0 Å². The first-order valence-corrected chi connectivity index (χ1v) is 7.24. The second-order valence-corrected chi connectivity index (χ2v) is 7.72. The van der Waals surface area contributed by atoms with E-state index in [0.717, 1.165) is 17.7 Å². The van der Waals surface area contributed by atoms with Gasteiger partial charge >= 0.3 is 5.69 Å². The maximum absolute atomic E-state index is 11.3. The van der Waals surface area contributed by atoms with E-state index in [2.05, 4.69) is 26.1 Å². The molecule has 1 atom stereocenters. The van der Waals surface area contributed by atoms with Crippen molar-refractivity contribution in [3.05, 3.63) is 27.8 Å². The van der Waals surface area contributed by atoms with Gasteiger partial charge in [0.15, 0.2) is 5.75 Å². The fourth-order valence-electron chi connectivity index (χ4n) is 2.45. The Morgan fingerprint density at radius 3 is 2.33 bits per heavy atom. The molecule has 0 bridgehead atoms. The third kappa shape index (κ3) is 3.46. The molecule has 5 heteroatoms. The highest BCUT2D eigenvalue weighted by molar-refractivity contribution is 5.66. The lowest BCUT2D eigenvalue weighted by molar-refractivity contribution is -0.386. The van der Waals surface area contributed by atoms with E-state index in [-0.39, 0.29) is 22.1 Å². The second kappa shape index (κ2) is 4.90. The van der Waals surface area contributed by atoms with Crippen molar-refractivity contribution in [3.8, 4) is 5.75 Å². The van der Waals surface area contributed by atoms with Gasteiger partial charge in [0.1, 0.15) is 5.60 Å². The lowest BCUT2D eigenvalue weighted by atomic mass is 9.85. The fraction of sp³-hybridized carbons (Fsp3) is 0.625. The lowest BCUT2D eigenvalue weighted by Gasteiger charge is -2.27. The van der Waals surface area contributed by atoms with Crippen molar-refractivity contribution in [1.82, 2.24) is 0 Å². The Bertz CT molecular complexity index is 568. The van der Waals surface area contributed by atoms with Crippen LogP contribution >= 0.6 is 0 Å². The van der Waals surface area contributed by atoms with E-state index < -0.39 is 5.60 Å². The zero-order valence-corrected chi connectivity index (χ0v) is 13.6. The first-order chi connectivity index (χ1) is 9.47. The number of ether oxygens (including phenoxy) is 1. The molecule has 1 aromatic rings. The van der Waals surface area contributed by atoms with Gasteiger partial charge in [0.05, 0.1) is 4.92 Å². The van der Waals surface area contributed by atoms with Gasteiger partial charge in [0.2, 0.25) is 0 Å². The first-order valence-electron chi connectivity index (χ1n) is 7.24. The summed E-state index contributed by atoms with van der Waals surface area (Å²) < 4.78 is 5.76. The number of rotatable bonds is 2. The predicted octanol–water partition coefficient (Wildman–Crippen LogP) is 4.15. The van der Waals surface area contributed by atoms with E-state index in [1.165, 1.54) is 0 Å². The van der Waals surface area contributed by atoms with Gasteiger partial charge in [-0.3, -0.25) is 10.1 Å². The molecule has 1 aliphatic heterocycles. The lowest BCUT2D eigenvalue weighted by Crippen LogP contribution is -2.31. The van der Waals surface area contributed by atoms with Crippen molar-refractivity contribution >= 4 is 11.4 Å². The van der Waals surface area contributed by atoms with Crippen LogP contribution in [0.15, 0.2) is 12.1 Å². The molecular formula is C16H24N2O3. The Hall–Kier alpha value is -1.78. The average Bonchev–Trinajstić information content (AvgIpc) is 2.67. The fourth-order valence-corrected chi connectivity index (χ4v) is 2.45. The zero-order chi connectivity index (χ0) is 16.0. The number of hydrogen-bond donors (Lipinski definition) is 1. The summed E-state index contributed by atoms with van der Waals surface area (Å²) in [7, 11) is 0. The van der Waals surface area contributed by atoms with Crippen molar-refractivity contribution in [2.45, 2.75) is 59.6 Å². The molecule has 1 aliphatic rings. The van der Waals surface area contributed by atoms with Crippen LogP contribution in [0.4, 0.5) is 11.4 Å². The van der Waals surface area contributed by atoms with Crippen LogP contribution in [0, 0.1) is 15.5 Å². The minimum atomic E-state index is -0.471. The smallest absolute Gasteiger partial charge is 0.311 e. The highest BCUT2D eigenvalue weighted by atomic mass is 16.6. The first kappa shape index (κ1) is 15.6. The molecular weight excluding hydrogens is 268 g/mol. The SMILES string of the molecule is CC(C)(C)Oc1cc2c(cc1[N+](=O)[O-])CC(C(C)(C)C)N2. The highest BCUT2D eigenvalue weighted by Crippen LogP contribution is 2.41. The second-order valence-electron chi connectivity index (χ2n) is 7.72. The normalized spacial score (nSPS) is 18.1. The molecule has 0 saturated carbocycles. The van der Waals surface area contributed by atoms with E-state index in [9.17, 15) is 10.1 Å². The topological polar surface area (TPSA) is 64.4 Å². The molecule has 1 unspecified atom stereocenters. The van der Waals surface area contributed by atoms with Crippen LogP contribution in [0.5, 0.6) is 5.75 Å². The number of nitrogens with zero attached hydrogens (tertiary/aromatic N) is 1. The van der Waals surface area contributed by atoms with Gasteiger partial charge in [0.25, 0.3) is 0 Å². The number of anilines is 1. The molecule has 0 fully saturated rings. The summed E-state index contributed by atoms with van der Waals surface area (Å²) in [5.74, 6) is 0.327. The number of hydrogen-bond acceptors (Lipinski definition) is 4. The Morgan fingerprint density at radius 1 is 1.24 bits per heavy atom. The summed E-state index contributed by atoms with van der Waals surface area (Å²) in [6.07, 6.45) is 0.801. The summed E-state index contributed by atoms with van der Waals surface area (Å²) in [5, 5.41) is 14.8. The number of nitro groups is 1. The molecule has 1 N–H and O–H groups in total. The van der Waals surface area contributed by atoms with Crippen LogP contribution in [0.1, 0.15) is 47.1 Å². The molecule has 116 valence electrons. The molecule has 0 radical (unpaired) electrons. The number of fused-ring (bicyclic) bond motifs is 1. The van der Waals surface area contributed by atoms with Gasteiger partial charge < -0.3 is 10.1 Å². The van der Waals surface area contributed by atoms with E-state index in [1.807, 2.05) is 20.8 Å². The molecule has 0 saturated heterocycles. The third-order valence-electron chi connectivity index (χ3n) is 3.60. The number of nitrogens with one attached hydrogen (secondary N) is 1. The summed E-state index contributed by atoms with van der Waals surface area (Å²) in [6.45, 7) is 12.1. The van der Waals surface area contributed by atoms with Gasteiger partial charge in [-0.1, -0.05) is 20.8 Å². The van der Waals surface area contributed by atoms with E-state index in [0.29, 0.717) is 5.75 Å². The zero-order valence-electron chi connectivity index (χ0n) is 13.6. The van der Waals surface area contributed by atoms with Crippen molar-refractivity contribution in [2.24, 2.45) is 5.41 Å².